The van der Waals surface area contributed by atoms with Gasteiger partial charge in [-0.2, -0.15) is 5.26 Å². The van der Waals surface area contributed by atoms with Gasteiger partial charge in [0.25, 0.3) is 0 Å². The van der Waals surface area contributed by atoms with Gasteiger partial charge in [-0.1, -0.05) is 0 Å². The summed E-state index contributed by atoms with van der Waals surface area (Å²) in [5, 5.41) is 8.68. The van der Waals surface area contributed by atoms with Gasteiger partial charge in [0.05, 0.1) is 5.52 Å². The van der Waals surface area contributed by atoms with Crippen LogP contribution in [-0.2, 0) is 0 Å². The van der Waals surface area contributed by atoms with E-state index in [2.05, 4.69) is 37.5 Å². The number of imidazole rings is 1. The van der Waals surface area contributed by atoms with Gasteiger partial charge >= 0.3 is 0 Å². The number of H-pyrrole nitrogens is 1. The molecule has 0 saturated carbocycles. The molecule has 0 unspecified atom stereocenters. The van der Waals surface area contributed by atoms with E-state index in [0.717, 1.165) is 9.35 Å². The smallest absolute Gasteiger partial charge is 0.169 e. The van der Waals surface area contributed by atoms with Gasteiger partial charge in [0.15, 0.2) is 9.53 Å². The number of nitrogens with zero attached hydrogens (tertiary/aromatic N) is 3. The first-order valence-electron chi connectivity index (χ1n) is 3.21. The molecule has 4 nitrogen and oxygen atoms in total. The number of nitrogens with one attached hydrogen (secondary N) is 1. The average Bonchev–Trinajstić information content (AvgIpc) is 2.44. The predicted octanol–water partition coefficient (Wildman–Crippen LogP) is 1.43. The van der Waals surface area contributed by atoms with Gasteiger partial charge in [0, 0.05) is 6.20 Å². The number of pyridine rings is 1. The number of halogens is 1. The van der Waals surface area contributed by atoms with Crippen molar-refractivity contribution in [2.24, 2.45) is 0 Å². The first kappa shape index (κ1) is 7.49. The SMILES string of the molecule is N#Cc1nccc2nc(I)[nH]c12. The fraction of sp³-hybridized carbons (Fsp3) is 0. The van der Waals surface area contributed by atoms with E-state index in [-0.39, 0.29) is 0 Å². The van der Waals surface area contributed by atoms with Crippen LogP contribution < -0.4 is 0 Å². The molecule has 0 radical (unpaired) electrons. The molecule has 0 bridgehead atoms. The minimum absolute atomic E-state index is 0.392. The van der Waals surface area contributed by atoms with Crippen molar-refractivity contribution < 1.29 is 0 Å². The summed E-state index contributed by atoms with van der Waals surface area (Å²) in [6, 6.07) is 3.77. The molecule has 2 heterocycles. The van der Waals surface area contributed by atoms with Crippen molar-refractivity contribution in [2.45, 2.75) is 0 Å². The van der Waals surface area contributed by atoms with E-state index >= 15 is 0 Å². The van der Waals surface area contributed by atoms with E-state index in [4.69, 9.17) is 5.26 Å². The Labute approximate surface area is 81.8 Å². The molecule has 2 aromatic heterocycles. The Hall–Kier alpha value is -1.16. The van der Waals surface area contributed by atoms with Crippen LogP contribution in [0.5, 0.6) is 0 Å². The van der Waals surface area contributed by atoms with Crippen LogP contribution in [0.1, 0.15) is 5.69 Å². The maximum absolute atomic E-state index is 8.68. The van der Waals surface area contributed by atoms with Crippen LogP contribution in [-0.4, -0.2) is 15.0 Å². The topological polar surface area (TPSA) is 65.4 Å². The van der Waals surface area contributed by atoms with E-state index in [0.29, 0.717) is 11.2 Å². The van der Waals surface area contributed by atoms with Gasteiger partial charge in [-0.25, -0.2) is 9.97 Å². The van der Waals surface area contributed by atoms with E-state index in [9.17, 15) is 0 Å². The number of hydrogen-bond acceptors (Lipinski definition) is 3. The number of aromatic nitrogens is 3. The summed E-state index contributed by atoms with van der Waals surface area (Å²) in [6.07, 6.45) is 1.58. The minimum Gasteiger partial charge on any atom is -0.331 e. The molecule has 0 fully saturated rings. The van der Waals surface area contributed by atoms with Crippen molar-refractivity contribution in [2.75, 3.05) is 0 Å². The lowest BCUT2D eigenvalue weighted by Gasteiger charge is -1.87. The number of nitriles is 1. The number of fused-ring (bicyclic) bond motifs is 1. The van der Waals surface area contributed by atoms with Crippen molar-refractivity contribution in [3.8, 4) is 6.07 Å². The first-order chi connectivity index (χ1) is 5.81. The molecule has 0 aliphatic heterocycles. The summed E-state index contributed by atoms with van der Waals surface area (Å²) in [4.78, 5) is 11.0. The Balaban J connectivity index is 2.89. The second-order valence-corrected chi connectivity index (χ2v) is 3.21. The molecule has 0 aliphatic carbocycles. The molecular weight excluding hydrogens is 267 g/mol. The molecule has 0 spiro atoms. The Kier molecular flexibility index (Phi) is 1.69. The lowest BCUT2D eigenvalue weighted by Crippen LogP contribution is -1.82. The molecule has 1 N–H and O–H groups in total. The summed E-state index contributed by atoms with van der Waals surface area (Å²) in [6.45, 7) is 0. The highest BCUT2D eigenvalue weighted by Crippen LogP contribution is 2.13. The predicted molar refractivity (Wildman–Crippen MR) is 51.3 cm³/mol. The molecule has 58 valence electrons. The van der Waals surface area contributed by atoms with Crippen LogP contribution in [0, 0.1) is 15.2 Å². The molecule has 0 aromatic carbocycles. The van der Waals surface area contributed by atoms with Crippen molar-refractivity contribution in [1.29, 1.82) is 5.26 Å². The van der Waals surface area contributed by atoms with Gasteiger partial charge in [0.2, 0.25) is 0 Å². The Morgan fingerprint density at radius 3 is 3.17 bits per heavy atom. The number of hydrogen-bond donors (Lipinski definition) is 1. The van der Waals surface area contributed by atoms with Gasteiger partial charge in [-0.15, -0.1) is 0 Å². The van der Waals surface area contributed by atoms with Crippen LogP contribution in [0.25, 0.3) is 11.0 Å². The van der Waals surface area contributed by atoms with Crippen LogP contribution in [0.3, 0.4) is 0 Å². The quantitative estimate of drug-likeness (QED) is 0.736. The molecule has 0 amide bonds. The zero-order chi connectivity index (χ0) is 8.55. The lowest BCUT2D eigenvalue weighted by molar-refractivity contribution is 1.25. The average molecular weight is 270 g/mol. The van der Waals surface area contributed by atoms with Crippen molar-refractivity contribution >= 4 is 33.6 Å². The summed E-state index contributed by atoms with van der Waals surface area (Å²) in [7, 11) is 0. The second-order valence-electron chi connectivity index (χ2n) is 2.19. The highest BCUT2D eigenvalue weighted by Gasteiger charge is 2.04. The van der Waals surface area contributed by atoms with Crippen LogP contribution in [0.15, 0.2) is 12.3 Å². The molecule has 2 rings (SSSR count). The van der Waals surface area contributed by atoms with Gasteiger partial charge < -0.3 is 4.98 Å². The third-order valence-electron chi connectivity index (χ3n) is 1.48. The monoisotopic (exact) mass is 270 g/mol. The standard InChI is InChI=1S/C7H3IN4/c8-7-11-4-1-2-10-5(3-9)6(4)12-7/h1-2H,(H,11,12). The van der Waals surface area contributed by atoms with E-state index in [1.807, 2.05) is 6.07 Å². The third-order valence-corrected chi connectivity index (χ3v) is 1.99. The van der Waals surface area contributed by atoms with Gasteiger partial charge in [-0.05, 0) is 28.7 Å². The lowest BCUT2D eigenvalue weighted by atomic mass is 10.3. The van der Waals surface area contributed by atoms with Gasteiger partial charge in [0.1, 0.15) is 11.6 Å². The van der Waals surface area contributed by atoms with Crippen LogP contribution in [0.2, 0.25) is 0 Å². The molecular formula is C7H3IN4. The Morgan fingerprint density at radius 1 is 1.58 bits per heavy atom. The van der Waals surface area contributed by atoms with Crippen LogP contribution in [0.4, 0.5) is 0 Å². The Morgan fingerprint density at radius 2 is 2.42 bits per heavy atom. The largest absolute Gasteiger partial charge is 0.331 e. The molecule has 0 atom stereocenters. The maximum atomic E-state index is 8.68. The van der Waals surface area contributed by atoms with Crippen molar-refractivity contribution in [1.82, 2.24) is 15.0 Å². The maximum Gasteiger partial charge on any atom is 0.169 e. The summed E-state index contributed by atoms with van der Waals surface area (Å²) in [5.74, 6) is 0. The molecule has 0 aliphatic rings. The number of rotatable bonds is 0. The molecule has 12 heavy (non-hydrogen) atoms. The van der Waals surface area contributed by atoms with Crippen molar-refractivity contribution in [3.63, 3.8) is 0 Å². The van der Waals surface area contributed by atoms with Crippen molar-refractivity contribution in [3.05, 3.63) is 21.8 Å². The molecule has 2 aromatic rings. The fourth-order valence-electron chi connectivity index (χ4n) is 0.990. The Bertz CT molecular complexity index is 468. The highest BCUT2D eigenvalue weighted by atomic mass is 127. The van der Waals surface area contributed by atoms with E-state index in [1.54, 1.807) is 12.3 Å². The third kappa shape index (κ3) is 1.04. The minimum atomic E-state index is 0.392. The zero-order valence-electron chi connectivity index (χ0n) is 5.87. The van der Waals surface area contributed by atoms with E-state index in [1.165, 1.54) is 0 Å². The summed E-state index contributed by atoms with van der Waals surface area (Å²) in [5.41, 5.74) is 1.89. The highest BCUT2D eigenvalue weighted by molar-refractivity contribution is 14.1. The number of aromatic amines is 1. The van der Waals surface area contributed by atoms with Gasteiger partial charge in [-0.3, -0.25) is 0 Å². The van der Waals surface area contributed by atoms with Crippen LogP contribution >= 0.6 is 22.6 Å². The zero-order valence-corrected chi connectivity index (χ0v) is 8.03. The first-order valence-corrected chi connectivity index (χ1v) is 4.29. The molecule has 0 saturated heterocycles. The fourth-order valence-corrected chi connectivity index (χ4v) is 1.52. The molecule has 5 heteroatoms. The summed E-state index contributed by atoms with van der Waals surface area (Å²) < 4.78 is 0.770. The summed E-state index contributed by atoms with van der Waals surface area (Å²) >= 11 is 2.06. The normalized spacial score (nSPS) is 10.0. The van der Waals surface area contributed by atoms with E-state index < -0.39 is 0 Å². The second kappa shape index (κ2) is 2.71.